The minimum absolute atomic E-state index is 0.0193. The van der Waals surface area contributed by atoms with Crippen molar-refractivity contribution in [2.75, 3.05) is 0 Å². The van der Waals surface area contributed by atoms with Crippen molar-refractivity contribution in [1.82, 2.24) is 5.32 Å². The molecule has 0 fully saturated rings. The monoisotopic (exact) mass is 293 g/mol. The number of benzene rings is 1. The molecular formula is C15H16ClNOS. The van der Waals surface area contributed by atoms with Gasteiger partial charge in [-0.25, -0.2) is 0 Å². The van der Waals surface area contributed by atoms with Crippen molar-refractivity contribution >= 4 is 28.8 Å². The molecule has 19 heavy (non-hydrogen) atoms. The van der Waals surface area contributed by atoms with Crippen LogP contribution in [0, 0.1) is 6.92 Å². The molecule has 0 spiro atoms. The van der Waals surface area contributed by atoms with Crippen LogP contribution in [0.3, 0.4) is 0 Å². The molecule has 0 aliphatic heterocycles. The summed E-state index contributed by atoms with van der Waals surface area (Å²) in [7, 11) is 0. The molecule has 0 saturated carbocycles. The Balaban J connectivity index is 2.08. The predicted molar refractivity (Wildman–Crippen MR) is 80.9 cm³/mol. The largest absolute Gasteiger partial charge is 0.345 e. The van der Waals surface area contributed by atoms with Crippen LogP contribution in [0.4, 0.5) is 0 Å². The standard InChI is InChI=1S/C15H16ClNOS/c1-10-6-7-14(19-10)11(2)17-15(18)13-5-3-4-12(8-13)9-16/h3-8,11H,9H2,1-2H3,(H,17,18). The van der Waals surface area contributed by atoms with Crippen molar-refractivity contribution in [3.05, 3.63) is 57.3 Å². The van der Waals surface area contributed by atoms with Gasteiger partial charge in [0, 0.05) is 21.2 Å². The molecule has 1 N–H and O–H groups in total. The van der Waals surface area contributed by atoms with Crippen molar-refractivity contribution in [1.29, 1.82) is 0 Å². The van der Waals surface area contributed by atoms with Crippen LogP contribution >= 0.6 is 22.9 Å². The Morgan fingerprint density at radius 2 is 2.16 bits per heavy atom. The Kier molecular flexibility index (Phi) is 4.61. The molecule has 1 aromatic carbocycles. The van der Waals surface area contributed by atoms with Crippen molar-refractivity contribution in [2.45, 2.75) is 25.8 Å². The average Bonchev–Trinajstić information content (AvgIpc) is 2.85. The summed E-state index contributed by atoms with van der Waals surface area (Å²) >= 11 is 7.48. The van der Waals surface area contributed by atoms with Crippen molar-refractivity contribution in [2.24, 2.45) is 0 Å². The van der Waals surface area contributed by atoms with Crippen molar-refractivity contribution in [3.8, 4) is 0 Å². The van der Waals surface area contributed by atoms with Gasteiger partial charge in [-0.1, -0.05) is 12.1 Å². The van der Waals surface area contributed by atoms with Crippen LogP contribution in [0.1, 0.15) is 38.6 Å². The van der Waals surface area contributed by atoms with E-state index in [-0.39, 0.29) is 11.9 Å². The number of halogens is 1. The zero-order valence-corrected chi connectivity index (χ0v) is 12.5. The van der Waals surface area contributed by atoms with E-state index in [1.165, 1.54) is 9.75 Å². The molecule has 0 aliphatic carbocycles. The van der Waals surface area contributed by atoms with E-state index in [1.807, 2.05) is 25.1 Å². The summed E-state index contributed by atoms with van der Waals surface area (Å²) in [5.74, 6) is 0.353. The van der Waals surface area contributed by atoms with Gasteiger partial charge in [0.1, 0.15) is 0 Å². The third-order valence-electron chi connectivity index (χ3n) is 2.88. The van der Waals surface area contributed by atoms with Gasteiger partial charge in [0.05, 0.1) is 6.04 Å². The maximum atomic E-state index is 12.2. The molecule has 0 radical (unpaired) electrons. The van der Waals surface area contributed by atoms with Crippen LogP contribution < -0.4 is 5.32 Å². The van der Waals surface area contributed by atoms with Gasteiger partial charge in [0.2, 0.25) is 0 Å². The van der Waals surface area contributed by atoms with Crippen LogP contribution in [0.2, 0.25) is 0 Å². The second-order valence-corrected chi connectivity index (χ2v) is 6.06. The number of thiophene rings is 1. The van der Waals surface area contributed by atoms with Gasteiger partial charge in [-0.2, -0.15) is 0 Å². The van der Waals surface area contributed by atoms with E-state index in [9.17, 15) is 4.79 Å². The summed E-state index contributed by atoms with van der Waals surface area (Å²) in [6.07, 6.45) is 0. The number of hydrogen-bond acceptors (Lipinski definition) is 2. The number of amides is 1. The normalized spacial score (nSPS) is 12.2. The number of nitrogens with one attached hydrogen (secondary N) is 1. The fourth-order valence-electron chi connectivity index (χ4n) is 1.83. The van der Waals surface area contributed by atoms with E-state index >= 15 is 0 Å². The Morgan fingerprint density at radius 3 is 2.79 bits per heavy atom. The first-order chi connectivity index (χ1) is 9.10. The molecule has 2 rings (SSSR count). The molecule has 1 amide bonds. The Bertz CT molecular complexity index is 579. The third-order valence-corrected chi connectivity index (χ3v) is 4.37. The van der Waals surface area contributed by atoms with Crippen LogP contribution in [0.25, 0.3) is 0 Å². The van der Waals surface area contributed by atoms with Gasteiger partial charge < -0.3 is 5.32 Å². The summed E-state index contributed by atoms with van der Waals surface area (Å²) in [6.45, 7) is 4.06. The second-order valence-electron chi connectivity index (χ2n) is 4.48. The summed E-state index contributed by atoms with van der Waals surface area (Å²) < 4.78 is 0. The van der Waals surface area contributed by atoms with Crippen LogP contribution in [0.15, 0.2) is 36.4 Å². The molecular weight excluding hydrogens is 278 g/mol. The van der Waals surface area contributed by atoms with Gasteiger partial charge in [-0.15, -0.1) is 22.9 Å². The highest BCUT2D eigenvalue weighted by Crippen LogP contribution is 2.22. The van der Waals surface area contributed by atoms with Crippen molar-refractivity contribution in [3.63, 3.8) is 0 Å². The average molecular weight is 294 g/mol. The van der Waals surface area contributed by atoms with Gasteiger partial charge in [-0.05, 0) is 43.7 Å². The fourth-order valence-corrected chi connectivity index (χ4v) is 2.88. The molecule has 2 aromatic rings. The summed E-state index contributed by atoms with van der Waals surface area (Å²) in [4.78, 5) is 14.6. The quantitative estimate of drug-likeness (QED) is 0.837. The lowest BCUT2D eigenvalue weighted by Crippen LogP contribution is -2.26. The van der Waals surface area contributed by atoms with Crippen LogP contribution in [0.5, 0.6) is 0 Å². The number of alkyl halides is 1. The van der Waals surface area contributed by atoms with Crippen LogP contribution in [-0.4, -0.2) is 5.91 Å². The molecule has 0 saturated heterocycles. The zero-order chi connectivity index (χ0) is 13.8. The predicted octanol–water partition coefficient (Wildman–Crippen LogP) is 4.29. The number of carbonyl (C=O) groups excluding carboxylic acids is 1. The highest BCUT2D eigenvalue weighted by atomic mass is 35.5. The Morgan fingerprint density at radius 1 is 1.37 bits per heavy atom. The minimum Gasteiger partial charge on any atom is -0.345 e. The lowest BCUT2D eigenvalue weighted by Gasteiger charge is -2.12. The van der Waals surface area contributed by atoms with E-state index in [4.69, 9.17) is 11.6 Å². The second kappa shape index (κ2) is 6.22. The molecule has 2 nitrogen and oxygen atoms in total. The molecule has 1 aromatic heterocycles. The van der Waals surface area contributed by atoms with Crippen LogP contribution in [-0.2, 0) is 5.88 Å². The van der Waals surface area contributed by atoms with E-state index < -0.39 is 0 Å². The van der Waals surface area contributed by atoms with Gasteiger partial charge in [-0.3, -0.25) is 4.79 Å². The fraction of sp³-hybridized carbons (Fsp3) is 0.267. The first-order valence-corrected chi connectivity index (χ1v) is 7.47. The SMILES string of the molecule is Cc1ccc(C(C)NC(=O)c2cccc(CCl)c2)s1. The van der Waals surface area contributed by atoms with E-state index in [1.54, 1.807) is 17.4 Å². The smallest absolute Gasteiger partial charge is 0.251 e. The van der Waals surface area contributed by atoms with Gasteiger partial charge >= 0.3 is 0 Å². The molecule has 1 heterocycles. The lowest BCUT2D eigenvalue weighted by atomic mass is 10.1. The molecule has 4 heteroatoms. The van der Waals surface area contributed by atoms with E-state index in [0.29, 0.717) is 11.4 Å². The summed E-state index contributed by atoms with van der Waals surface area (Å²) in [5, 5.41) is 3.01. The third kappa shape index (κ3) is 3.58. The molecule has 1 atom stereocenters. The van der Waals surface area contributed by atoms with E-state index in [0.717, 1.165) is 5.56 Å². The lowest BCUT2D eigenvalue weighted by molar-refractivity contribution is 0.0940. The van der Waals surface area contributed by atoms with Gasteiger partial charge in [0.25, 0.3) is 5.91 Å². The first-order valence-electron chi connectivity index (χ1n) is 6.12. The maximum Gasteiger partial charge on any atom is 0.251 e. The Hall–Kier alpha value is -1.32. The highest BCUT2D eigenvalue weighted by Gasteiger charge is 2.12. The number of aryl methyl sites for hydroxylation is 1. The minimum atomic E-state index is -0.0643. The maximum absolute atomic E-state index is 12.2. The van der Waals surface area contributed by atoms with E-state index in [2.05, 4.69) is 24.4 Å². The number of hydrogen-bond donors (Lipinski definition) is 1. The number of rotatable bonds is 4. The number of carbonyl (C=O) groups is 1. The Labute approximate surface area is 122 Å². The summed E-state index contributed by atoms with van der Waals surface area (Å²) in [6, 6.07) is 11.5. The molecule has 1 unspecified atom stereocenters. The molecule has 0 bridgehead atoms. The van der Waals surface area contributed by atoms with Crippen molar-refractivity contribution < 1.29 is 4.79 Å². The van der Waals surface area contributed by atoms with Gasteiger partial charge in [0.15, 0.2) is 0 Å². The first kappa shape index (κ1) is 14.1. The molecule has 0 aliphatic rings. The topological polar surface area (TPSA) is 29.1 Å². The highest BCUT2D eigenvalue weighted by molar-refractivity contribution is 7.12. The zero-order valence-electron chi connectivity index (χ0n) is 10.9. The molecule has 100 valence electrons. The summed E-state index contributed by atoms with van der Waals surface area (Å²) in [5.41, 5.74) is 1.60.